The summed E-state index contributed by atoms with van der Waals surface area (Å²) in [6, 6.07) is 6.74. The molecule has 1 aliphatic carbocycles. The van der Waals surface area contributed by atoms with Gasteiger partial charge in [-0.05, 0) is 49.9 Å². The van der Waals surface area contributed by atoms with Crippen molar-refractivity contribution >= 4 is 11.7 Å². The molecule has 0 aliphatic heterocycles. The van der Waals surface area contributed by atoms with Crippen LogP contribution in [0.15, 0.2) is 29.4 Å². The van der Waals surface area contributed by atoms with E-state index in [1.807, 2.05) is 11.8 Å². The fourth-order valence-electron chi connectivity index (χ4n) is 2.04. The Morgan fingerprint density at radius 3 is 2.62 bits per heavy atom. The van der Waals surface area contributed by atoms with E-state index in [0.717, 1.165) is 6.54 Å². The van der Waals surface area contributed by atoms with Crippen LogP contribution in [-0.4, -0.2) is 41.5 Å². The molecule has 6 heteroatoms. The molecule has 1 aliphatic rings. The van der Waals surface area contributed by atoms with E-state index < -0.39 is 0 Å². The van der Waals surface area contributed by atoms with E-state index in [2.05, 4.69) is 5.16 Å². The van der Waals surface area contributed by atoms with Gasteiger partial charge in [0.05, 0.1) is 0 Å². The van der Waals surface area contributed by atoms with E-state index >= 15 is 0 Å². The molecule has 3 N–H and O–H groups in total. The lowest BCUT2D eigenvalue weighted by Crippen LogP contribution is -2.36. The number of oxime groups is 1. The highest BCUT2D eigenvalue weighted by Gasteiger charge is 2.26. The van der Waals surface area contributed by atoms with Gasteiger partial charge in [0.1, 0.15) is 5.75 Å². The molecule has 1 fully saturated rings. The summed E-state index contributed by atoms with van der Waals surface area (Å²) < 4.78 is 5.49. The number of carbonyl (C=O) groups is 1. The monoisotopic (exact) mass is 291 g/mol. The van der Waals surface area contributed by atoms with E-state index in [9.17, 15) is 4.79 Å². The molecule has 0 aromatic heterocycles. The lowest BCUT2D eigenvalue weighted by atomic mass is 10.2. The molecule has 2 rings (SSSR count). The van der Waals surface area contributed by atoms with Crippen LogP contribution in [0.3, 0.4) is 0 Å². The molecular weight excluding hydrogens is 270 g/mol. The predicted octanol–water partition coefficient (Wildman–Crippen LogP) is 1.42. The van der Waals surface area contributed by atoms with Gasteiger partial charge in [0, 0.05) is 18.7 Å². The number of amides is 1. The number of benzene rings is 1. The van der Waals surface area contributed by atoms with Crippen LogP contribution in [0.2, 0.25) is 0 Å². The van der Waals surface area contributed by atoms with Gasteiger partial charge < -0.3 is 20.6 Å². The Kier molecular flexibility index (Phi) is 5.03. The summed E-state index contributed by atoms with van der Waals surface area (Å²) in [5.74, 6) is 1.30. The van der Waals surface area contributed by atoms with Gasteiger partial charge in [-0.25, -0.2) is 0 Å². The van der Waals surface area contributed by atoms with Crippen LogP contribution in [0.5, 0.6) is 5.75 Å². The van der Waals surface area contributed by atoms with Crippen LogP contribution in [-0.2, 0) is 4.79 Å². The Labute approximate surface area is 124 Å². The maximum absolute atomic E-state index is 12.1. The van der Waals surface area contributed by atoms with Crippen molar-refractivity contribution in [1.29, 1.82) is 0 Å². The van der Waals surface area contributed by atoms with Crippen molar-refractivity contribution in [3.63, 3.8) is 0 Å². The van der Waals surface area contributed by atoms with E-state index in [-0.39, 0.29) is 18.3 Å². The fourth-order valence-corrected chi connectivity index (χ4v) is 2.04. The van der Waals surface area contributed by atoms with Crippen molar-refractivity contribution in [3.8, 4) is 5.75 Å². The van der Waals surface area contributed by atoms with E-state index in [4.69, 9.17) is 15.7 Å². The number of rotatable bonds is 7. The molecule has 0 heterocycles. The predicted molar refractivity (Wildman–Crippen MR) is 79.4 cm³/mol. The van der Waals surface area contributed by atoms with E-state index in [0.29, 0.717) is 23.8 Å². The third-order valence-electron chi connectivity index (χ3n) is 3.53. The second-order valence-corrected chi connectivity index (χ2v) is 5.17. The minimum atomic E-state index is 0.00455. The Bertz CT molecular complexity index is 509. The summed E-state index contributed by atoms with van der Waals surface area (Å²) in [7, 11) is 0. The molecular formula is C15H21N3O3. The average Bonchev–Trinajstić information content (AvgIpc) is 3.34. The molecule has 1 amide bonds. The minimum absolute atomic E-state index is 0.00455. The molecule has 0 unspecified atom stereocenters. The largest absolute Gasteiger partial charge is 0.484 e. The maximum Gasteiger partial charge on any atom is 0.260 e. The third kappa shape index (κ3) is 4.37. The Hall–Kier alpha value is -2.24. The molecule has 0 bridgehead atoms. The summed E-state index contributed by atoms with van der Waals surface area (Å²) in [6.07, 6.45) is 2.44. The number of hydrogen-bond donors (Lipinski definition) is 2. The quantitative estimate of drug-likeness (QED) is 0.344. The van der Waals surface area contributed by atoms with Crippen LogP contribution < -0.4 is 10.5 Å². The summed E-state index contributed by atoms with van der Waals surface area (Å²) in [5, 5.41) is 11.5. The van der Waals surface area contributed by atoms with Gasteiger partial charge in [-0.2, -0.15) is 0 Å². The first-order valence-electron chi connectivity index (χ1n) is 7.12. The Morgan fingerprint density at radius 2 is 2.10 bits per heavy atom. The smallest absolute Gasteiger partial charge is 0.260 e. The van der Waals surface area contributed by atoms with Crippen molar-refractivity contribution < 1.29 is 14.7 Å². The second kappa shape index (κ2) is 6.97. The maximum atomic E-state index is 12.1. The lowest BCUT2D eigenvalue weighted by Gasteiger charge is -2.20. The van der Waals surface area contributed by atoms with Crippen LogP contribution >= 0.6 is 0 Å². The summed E-state index contributed by atoms with van der Waals surface area (Å²) in [4.78, 5) is 13.9. The van der Waals surface area contributed by atoms with Crippen LogP contribution in [0.4, 0.5) is 0 Å². The van der Waals surface area contributed by atoms with E-state index in [1.165, 1.54) is 12.8 Å². The molecule has 21 heavy (non-hydrogen) atoms. The first-order chi connectivity index (χ1) is 10.1. The zero-order valence-electron chi connectivity index (χ0n) is 12.2. The van der Waals surface area contributed by atoms with Crippen molar-refractivity contribution in [1.82, 2.24) is 4.90 Å². The number of likely N-dealkylation sites (N-methyl/N-ethyl adjacent to an activating group) is 1. The molecule has 6 nitrogen and oxygen atoms in total. The van der Waals surface area contributed by atoms with Gasteiger partial charge >= 0.3 is 0 Å². The van der Waals surface area contributed by atoms with Gasteiger partial charge in [-0.3, -0.25) is 4.79 Å². The van der Waals surface area contributed by atoms with Crippen molar-refractivity contribution in [3.05, 3.63) is 29.8 Å². The van der Waals surface area contributed by atoms with Crippen LogP contribution in [0.25, 0.3) is 0 Å². The number of carbonyl (C=O) groups excluding carboxylic acids is 1. The number of nitrogens with two attached hydrogens (primary N) is 1. The van der Waals surface area contributed by atoms with Gasteiger partial charge in [0.2, 0.25) is 0 Å². The van der Waals surface area contributed by atoms with Gasteiger partial charge in [0.25, 0.3) is 5.91 Å². The molecule has 0 atom stereocenters. The van der Waals surface area contributed by atoms with Crippen molar-refractivity contribution in [2.75, 3.05) is 19.7 Å². The zero-order chi connectivity index (χ0) is 15.2. The average molecular weight is 291 g/mol. The molecule has 1 aromatic carbocycles. The SMILES string of the molecule is CCN(CC1CC1)C(=O)COc1ccc(C(N)=NO)cc1. The molecule has 0 spiro atoms. The van der Waals surface area contributed by atoms with Crippen molar-refractivity contribution in [2.45, 2.75) is 19.8 Å². The number of amidine groups is 1. The number of nitrogens with zero attached hydrogens (tertiary/aromatic N) is 2. The highest BCUT2D eigenvalue weighted by atomic mass is 16.5. The Balaban J connectivity index is 1.85. The summed E-state index contributed by atoms with van der Waals surface area (Å²) in [5.41, 5.74) is 6.07. The molecule has 114 valence electrons. The summed E-state index contributed by atoms with van der Waals surface area (Å²) >= 11 is 0. The fraction of sp³-hybridized carbons (Fsp3) is 0.467. The lowest BCUT2D eigenvalue weighted by molar-refractivity contribution is -0.133. The third-order valence-corrected chi connectivity index (χ3v) is 3.53. The molecule has 0 radical (unpaired) electrons. The molecule has 0 saturated heterocycles. The topological polar surface area (TPSA) is 88.2 Å². The number of ether oxygens (including phenoxy) is 1. The standard InChI is InChI=1S/C15H21N3O3/c1-2-18(9-11-3-4-11)14(19)10-21-13-7-5-12(6-8-13)15(16)17-20/h5-8,11,20H,2-4,9-10H2,1H3,(H2,16,17). The second-order valence-electron chi connectivity index (χ2n) is 5.17. The summed E-state index contributed by atoms with van der Waals surface area (Å²) in [6.45, 7) is 3.55. The van der Waals surface area contributed by atoms with Gasteiger partial charge in [0.15, 0.2) is 12.4 Å². The highest BCUT2D eigenvalue weighted by Crippen LogP contribution is 2.29. The van der Waals surface area contributed by atoms with E-state index in [1.54, 1.807) is 24.3 Å². The zero-order valence-corrected chi connectivity index (χ0v) is 12.2. The molecule has 1 aromatic rings. The van der Waals surface area contributed by atoms with Crippen molar-refractivity contribution in [2.24, 2.45) is 16.8 Å². The van der Waals surface area contributed by atoms with Gasteiger partial charge in [-0.1, -0.05) is 5.16 Å². The first-order valence-corrected chi connectivity index (χ1v) is 7.12. The Morgan fingerprint density at radius 1 is 1.43 bits per heavy atom. The normalized spacial score (nSPS) is 14.8. The minimum Gasteiger partial charge on any atom is -0.484 e. The first kappa shape index (κ1) is 15.2. The molecule has 1 saturated carbocycles. The van der Waals surface area contributed by atoms with Crippen LogP contribution in [0.1, 0.15) is 25.3 Å². The van der Waals surface area contributed by atoms with Crippen LogP contribution in [0, 0.1) is 5.92 Å². The number of hydrogen-bond acceptors (Lipinski definition) is 4. The highest BCUT2D eigenvalue weighted by molar-refractivity contribution is 5.97. The van der Waals surface area contributed by atoms with Gasteiger partial charge in [-0.15, -0.1) is 0 Å².